The summed E-state index contributed by atoms with van der Waals surface area (Å²) in [4.78, 5) is 4.32. The van der Waals surface area contributed by atoms with E-state index >= 15 is 0 Å². The van der Waals surface area contributed by atoms with Crippen molar-refractivity contribution in [2.24, 2.45) is 0 Å². The van der Waals surface area contributed by atoms with Crippen LogP contribution in [0.3, 0.4) is 0 Å². The van der Waals surface area contributed by atoms with Crippen molar-refractivity contribution >= 4 is 29.1 Å². The Morgan fingerprint density at radius 1 is 1.44 bits per heavy atom. The van der Waals surface area contributed by atoms with Gasteiger partial charge in [-0.15, -0.1) is 0 Å². The summed E-state index contributed by atoms with van der Waals surface area (Å²) in [5.74, 6) is 1.80. The molecule has 0 saturated heterocycles. The van der Waals surface area contributed by atoms with Crippen LogP contribution in [0.15, 0.2) is 22.7 Å². The molecule has 0 aliphatic rings. The molecule has 2 aromatic rings. The highest BCUT2D eigenvalue weighted by Gasteiger charge is 2.13. The third-order valence-electron chi connectivity index (χ3n) is 2.30. The number of hydrogen-bond donors (Lipinski definition) is 1. The van der Waals surface area contributed by atoms with Crippen LogP contribution in [0.4, 0.5) is 5.69 Å². The molecular weight excluding hydrogens is 270 g/mol. The van der Waals surface area contributed by atoms with Crippen molar-refractivity contribution in [1.29, 1.82) is 0 Å². The van der Waals surface area contributed by atoms with E-state index in [1.54, 1.807) is 23.9 Å². The van der Waals surface area contributed by atoms with Gasteiger partial charge in [-0.1, -0.05) is 36.7 Å². The van der Waals surface area contributed by atoms with Crippen molar-refractivity contribution in [3.63, 3.8) is 0 Å². The zero-order valence-electron chi connectivity index (χ0n) is 10.2. The van der Waals surface area contributed by atoms with Crippen LogP contribution in [-0.2, 0) is 5.75 Å². The first kappa shape index (κ1) is 13.2. The number of thioether (sulfide) groups is 1. The number of aromatic nitrogens is 2. The average molecular weight is 284 g/mol. The molecule has 1 aromatic carbocycles. The van der Waals surface area contributed by atoms with Crippen molar-refractivity contribution in [1.82, 2.24) is 10.1 Å². The Kier molecular flexibility index (Phi) is 4.14. The molecule has 6 heteroatoms. The molecule has 0 atom stereocenters. The van der Waals surface area contributed by atoms with E-state index in [9.17, 15) is 0 Å². The number of para-hydroxylation sites is 1. The van der Waals surface area contributed by atoms with Gasteiger partial charge < -0.3 is 10.3 Å². The Bertz CT molecular complexity index is 542. The van der Waals surface area contributed by atoms with Gasteiger partial charge >= 0.3 is 0 Å². The van der Waals surface area contributed by atoms with Crippen LogP contribution in [0.2, 0.25) is 5.02 Å². The highest BCUT2D eigenvalue weighted by atomic mass is 35.5. The number of halogens is 1. The van der Waals surface area contributed by atoms with Crippen molar-refractivity contribution in [3.05, 3.63) is 29.0 Å². The number of rotatable bonds is 4. The highest BCUT2D eigenvalue weighted by Crippen LogP contribution is 2.30. The average Bonchev–Trinajstić information content (AvgIpc) is 2.78. The van der Waals surface area contributed by atoms with Crippen molar-refractivity contribution in [2.75, 3.05) is 5.73 Å². The Labute approximate surface area is 115 Å². The van der Waals surface area contributed by atoms with Gasteiger partial charge in [0.25, 0.3) is 5.89 Å². The molecule has 0 unspecified atom stereocenters. The van der Waals surface area contributed by atoms with Crippen LogP contribution in [0, 0.1) is 0 Å². The molecule has 0 aliphatic carbocycles. The summed E-state index contributed by atoms with van der Waals surface area (Å²) in [7, 11) is 0. The molecule has 18 heavy (non-hydrogen) atoms. The van der Waals surface area contributed by atoms with Crippen LogP contribution in [-0.4, -0.2) is 15.4 Å². The van der Waals surface area contributed by atoms with E-state index in [1.807, 2.05) is 6.07 Å². The first-order valence-electron chi connectivity index (χ1n) is 5.56. The second-order valence-electron chi connectivity index (χ2n) is 4.08. The predicted octanol–water partition coefficient (Wildman–Crippen LogP) is 3.61. The van der Waals surface area contributed by atoms with Crippen molar-refractivity contribution < 1.29 is 4.52 Å². The summed E-state index contributed by atoms with van der Waals surface area (Å²) in [6.45, 7) is 4.25. The van der Waals surface area contributed by atoms with Gasteiger partial charge in [0.2, 0.25) is 0 Å². The molecule has 2 rings (SSSR count). The van der Waals surface area contributed by atoms with Gasteiger partial charge in [-0.3, -0.25) is 0 Å². The topological polar surface area (TPSA) is 64.9 Å². The normalized spacial score (nSPS) is 11.1. The van der Waals surface area contributed by atoms with E-state index in [1.165, 1.54) is 0 Å². The molecule has 0 bridgehead atoms. The number of hydrogen-bond acceptors (Lipinski definition) is 5. The fraction of sp³-hybridized carbons (Fsp3) is 0.333. The third kappa shape index (κ3) is 2.97. The summed E-state index contributed by atoms with van der Waals surface area (Å²) in [5.41, 5.74) is 7.02. The number of nitrogen functional groups attached to an aromatic ring is 1. The van der Waals surface area contributed by atoms with Crippen LogP contribution >= 0.6 is 23.4 Å². The van der Waals surface area contributed by atoms with E-state index in [0.29, 0.717) is 33.2 Å². The predicted molar refractivity (Wildman–Crippen MR) is 75.6 cm³/mol. The fourth-order valence-electron chi connectivity index (χ4n) is 1.39. The Morgan fingerprint density at radius 3 is 2.94 bits per heavy atom. The number of nitrogens with two attached hydrogens (primary N) is 1. The summed E-state index contributed by atoms with van der Waals surface area (Å²) in [6, 6.07) is 5.35. The van der Waals surface area contributed by atoms with E-state index in [-0.39, 0.29) is 0 Å². The Morgan fingerprint density at radius 2 is 2.22 bits per heavy atom. The quantitative estimate of drug-likeness (QED) is 0.868. The molecule has 1 aromatic heterocycles. The van der Waals surface area contributed by atoms with Crippen LogP contribution in [0.25, 0.3) is 11.5 Å². The van der Waals surface area contributed by atoms with Gasteiger partial charge in [-0.05, 0) is 17.4 Å². The van der Waals surface area contributed by atoms with E-state index in [0.717, 1.165) is 5.75 Å². The maximum atomic E-state index is 5.95. The SMILES string of the molecule is CC(C)SCc1noc(-c2cccc(Cl)c2N)n1. The second kappa shape index (κ2) is 5.63. The summed E-state index contributed by atoms with van der Waals surface area (Å²) in [6.07, 6.45) is 0. The zero-order chi connectivity index (χ0) is 13.1. The lowest BCUT2D eigenvalue weighted by Gasteiger charge is -2.01. The van der Waals surface area contributed by atoms with E-state index in [4.69, 9.17) is 21.9 Å². The molecular formula is C12H14ClN3OS. The minimum absolute atomic E-state index is 0.411. The number of benzene rings is 1. The standard InChI is InChI=1S/C12H14ClN3OS/c1-7(2)18-6-10-15-12(17-16-10)8-4-3-5-9(13)11(8)14/h3-5,7H,6,14H2,1-2H3. The molecule has 0 fully saturated rings. The van der Waals surface area contributed by atoms with Crippen LogP contribution < -0.4 is 5.73 Å². The zero-order valence-corrected chi connectivity index (χ0v) is 11.8. The molecule has 0 saturated carbocycles. The molecule has 1 heterocycles. The van der Waals surface area contributed by atoms with E-state index in [2.05, 4.69) is 24.0 Å². The molecule has 4 nitrogen and oxygen atoms in total. The van der Waals surface area contributed by atoms with Crippen LogP contribution in [0.1, 0.15) is 19.7 Å². The minimum Gasteiger partial charge on any atom is -0.397 e. The third-order valence-corrected chi connectivity index (χ3v) is 3.72. The van der Waals surface area contributed by atoms with Gasteiger partial charge in [-0.2, -0.15) is 16.7 Å². The van der Waals surface area contributed by atoms with Crippen molar-refractivity contribution in [3.8, 4) is 11.5 Å². The molecule has 0 radical (unpaired) electrons. The molecule has 0 amide bonds. The van der Waals surface area contributed by atoms with Gasteiger partial charge in [0.1, 0.15) is 0 Å². The smallest absolute Gasteiger partial charge is 0.260 e. The minimum atomic E-state index is 0.411. The van der Waals surface area contributed by atoms with Crippen molar-refractivity contribution in [2.45, 2.75) is 24.9 Å². The fourth-order valence-corrected chi connectivity index (χ4v) is 2.16. The summed E-state index contributed by atoms with van der Waals surface area (Å²) in [5, 5.41) is 4.95. The largest absolute Gasteiger partial charge is 0.397 e. The number of nitrogens with zero attached hydrogens (tertiary/aromatic N) is 2. The van der Waals surface area contributed by atoms with Gasteiger partial charge in [0.15, 0.2) is 5.82 Å². The van der Waals surface area contributed by atoms with Gasteiger partial charge in [-0.25, -0.2) is 0 Å². The molecule has 96 valence electrons. The van der Waals surface area contributed by atoms with Gasteiger partial charge in [0, 0.05) is 0 Å². The maximum absolute atomic E-state index is 5.95. The summed E-state index contributed by atoms with van der Waals surface area (Å²) >= 11 is 7.71. The van der Waals surface area contributed by atoms with Crippen LogP contribution in [0.5, 0.6) is 0 Å². The first-order valence-corrected chi connectivity index (χ1v) is 6.99. The lowest BCUT2D eigenvalue weighted by atomic mass is 10.2. The maximum Gasteiger partial charge on any atom is 0.260 e. The molecule has 0 aliphatic heterocycles. The highest BCUT2D eigenvalue weighted by molar-refractivity contribution is 7.99. The summed E-state index contributed by atoms with van der Waals surface area (Å²) < 4.78 is 5.21. The lowest BCUT2D eigenvalue weighted by molar-refractivity contribution is 0.425. The first-order chi connectivity index (χ1) is 8.58. The monoisotopic (exact) mass is 283 g/mol. The molecule has 0 spiro atoms. The Balaban J connectivity index is 2.21. The Hall–Kier alpha value is -1.20. The van der Waals surface area contributed by atoms with E-state index < -0.39 is 0 Å². The lowest BCUT2D eigenvalue weighted by Crippen LogP contribution is -1.92. The number of anilines is 1. The second-order valence-corrected chi connectivity index (χ2v) is 6.05. The molecule has 2 N–H and O–H groups in total. The van der Waals surface area contributed by atoms with Gasteiger partial charge in [0.05, 0.1) is 22.0 Å².